The Hall–Kier alpha value is -1.42. The van der Waals surface area contributed by atoms with Crippen LogP contribution >= 0.6 is 11.6 Å². The van der Waals surface area contributed by atoms with Gasteiger partial charge in [0.1, 0.15) is 11.8 Å². The number of hydrogen-bond donors (Lipinski definition) is 1. The van der Waals surface area contributed by atoms with Crippen molar-refractivity contribution in [1.29, 1.82) is 0 Å². The van der Waals surface area contributed by atoms with Gasteiger partial charge in [-0.2, -0.15) is 0 Å². The number of hydrogen-bond acceptors (Lipinski definition) is 4. The number of rotatable bonds is 5. The van der Waals surface area contributed by atoms with Crippen molar-refractivity contribution in [2.75, 3.05) is 19.0 Å². The molecule has 1 atom stereocenters. The van der Waals surface area contributed by atoms with Gasteiger partial charge in [0.25, 0.3) is 0 Å². The number of nitrogens with one attached hydrogen (secondary N) is 1. The lowest BCUT2D eigenvalue weighted by Gasteiger charge is -2.14. The highest BCUT2D eigenvalue weighted by molar-refractivity contribution is 6.32. The molecule has 0 aromatic heterocycles. The number of carbonyl (C=O) groups is 1. The van der Waals surface area contributed by atoms with E-state index in [4.69, 9.17) is 16.3 Å². The number of benzene rings is 1. The molecule has 1 aromatic carbocycles. The van der Waals surface area contributed by atoms with Crippen molar-refractivity contribution >= 4 is 23.3 Å². The summed E-state index contributed by atoms with van der Waals surface area (Å²) in [5, 5.41) is 3.50. The zero-order chi connectivity index (χ0) is 12.8. The molecular weight excluding hydrogens is 242 g/mol. The van der Waals surface area contributed by atoms with Gasteiger partial charge in [-0.05, 0) is 32.0 Å². The molecule has 94 valence electrons. The van der Waals surface area contributed by atoms with E-state index in [1.165, 1.54) is 7.11 Å². The van der Waals surface area contributed by atoms with E-state index < -0.39 is 6.04 Å². The largest absolute Gasteiger partial charge is 0.492 e. The average molecular weight is 258 g/mol. The molecule has 0 aliphatic heterocycles. The van der Waals surface area contributed by atoms with Crippen LogP contribution in [0.15, 0.2) is 18.2 Å². The maximum atomic E-state index is 11.2. The smallest absolute Gasteiger partial charge is 0.327 e. The van der Waals surface area contributed by atoms with Gasteiger partial charge in [-0.15, -0.1) is 0 Å². The first kappa shape index (κ1) is 13.6. The fourth-order valence-corrected chi connectivity index (χ4v) is 1.58. The van der Waals surface area contributed by atoms with Crippen LogP contribution in [0.5, 0.6) is 5.75 Å². The Bertz CT molecular complexity index is 395. The minimum Gasteiger partial charge on any atom is -0.492 e. The molecule has 0 aliphatic carbocycles. The van der Waals surface area contributed by atoms with Gasteiger partial charge in [-0.3, -0.25) is 0 Å². The fourth-order valence-electron chi connectivity index (χ4n) is 1.35. The van der Waals surface area contributed by atoms with Crippen molar-refractivity contribution in [2.45, 2.75) is 19.9 Å². The van der Waals surface area contributed by atoms with Crippen LogP contribution in [0.25, 0.3) is 0 Å². The monoisotopic (exact) mass is 257 g/mol. The van der Waals surface area contributed by atoms with Crippen LogP contribution in [0.4, 0.5) is 5.69 Å². The summed E-state index contributed by atoms with van der Waals surface area (Å²) in [7, 11) is 1.35. The summed E-state index contributed by atoms with van der Waals surface area (Å²) in [5.41, 5.74) is 0.747. The molecule has 1 aromatic rings. The lowest BCUT2D eigenvalue weighted by atomic mass is 10.2. The van der Waals surface area contributed by atoms with Gasteiger partial charge in [-0.25, -0.2) is 4.79 Å². The van der Waals surface area contributed by atoms with Crippen LogP contribution < -0.4 is 10.1 Å². The molecule has 0 saturated carbocycles. The Kier molecular flexibility index (Phi) is 5.10. The van der Waals surface area contributed by atoms with E-state index in [0.29, 0.717) is 17.4 Å². The normalized spacial score (nSPS) is 11.8. The molecule has 0 fully saturated rings. The molecule has 0 amide bonds. The Labute approximate surface area is 106 Å². The molecule has 0 bridgehead atoms. The van der Waals surface area contributed by atoms with Crippen molar-refractivity contribution in [2.24, 2.45) is 0 Å². The first-order valence-corrected chi connectivity index (χ1v) is 5.73. The van der Waals surface area contributed by atoms with Crippen LogP contribution in [0, 0.1) is 0 Å². The summed E-state index contributed by atoms with van der Waals surface area (Å²) < 4.78 is 9.93. The Balaban J connectivity index is 2.73. The predicted octanol–water partition coefficient (Wildman–Crippen LogP) is 2.71. The van der Waals surface area contributed by atoms with Crippen LogP contribution in [0.1, 0.15) is 13.8 Å². The number of methoxy groups -OCH3 is 1. The zero-order valence-corrected chi connectivity index (χ0v) is 10.9. The summed E-state index contributed by atoms with van der Waals surface area (Å²) in [5.74, 6) is 0.306. The molecular formula is C12H16ClNO3. The van der Waals surface area contributed by atoms with E-state index in [1.54, 1.807) is 25.1 Å². The van der Waals surface area contributed by atoms with E-state index in [2.05, 4.69) is 10.1 Å². The maximum absolute atomic E-state index is 11.2. The minimum atomic E-state index is -0.422. The van der Waals surface area contributed by atoms with Gasteiger partial charge in [0, 0.05) is 5.69 Å². The third kappa shape index (κ3) is 3.82. The van der Waals surface area contributed by atoms with Crippen LogP contribution in [0.3, 0.4) is 0 Å². The summed E-state index contributed by atoms with van der Waals surface area (Å²) in [6.07, 6.45) is 0. The third-order valence-corrected chi connectivity index (χ3v) is 2.47. The lowest BCUT2D eigenvalue weighted by molar-refractivity contribution is -0.141. The number of halogens is 1. The molecule has 0 spiro atoms. The predicted molar refractivity (Wildman–Crippen MR) is 67.7 cm³/mol. The lowest BCUT2D eigenvalue weighted by Crippen LogP contribution is -2.27. The fraction of sp³-hybridized carbons (Fsp3) is 0.417. The topological polar surface area (TPSA) is 47.6 Å². The van der Waals surface area contributed by atoms with E-state index in [9.17, 15) is 4.79 Å². The second-order valence-corrected chi connectivity index (χ2v) is 3.87. The Morgan fingerprint density at radius 1 is 1.53 bits per heavy atom. The average Bonchev–Trinajstić information content (AvgIpc) is 2.31. The molecule has 0 saturated heterocycles. The second-order valence-electron chi connectivity index (χ2n) is 3.47. The minimum absolute atomic E-state index is 0.324. The van der Waals surface area contributed by atoms with Gasteiger partial charge in [0.05, 0.1) is 18.7 Å². The molecule has 5 heteroatoms. The number of carbonyl (C=O) groups excluding carboxylic acids is 1. The van der Waals surface area contributed by atoms with Crippen LogP contribution in [-0.2, 0) is 9.53 Å². The molecule has 0 radical (unpaired) electrons. The molecule has 17 heavy (non-hydrogen) atoms. The van der Waals surface area contributed by atoms with E-state index in [0.717, 1.165) is 5.69 Å². The highest BCUT2D eigenvalue weighted by Crippen LogP contribution is 2.27. The van der Waals surface area contributed by atoms with Crippen molar-refractivity contribution in [3.8, 4) is 5.75 Å². The standard InChI is InChI=1S/C12H16ClNO3/c1-4-17-11-6-5-9(7-10(11)13)14-8(2)12(15)16-3/h5-8,14H,4H2,1-3H3. The molecule has 4 nitrogen and oxygen atoms in total. The van der Waals surface area contributed by atoms with Gasteiger partial charge < -0.3 is 14.8 Å². The van der Waals surface area contributed by atoms with Gasteiger partial charge in [0.15, 0.2) is 0 Å². The van der Waals surface area contributed by atoms with E-state index in [-0.39, 0.29) is 5.97 Å². The number of anilines is 1. The summed E-state index contributed by atoms with van der Waals surface area (Å²) in [6, 6.07) is 4.86. The van der Waals surface area contributed by atoms with E-state index in [1.807, 2.05) is 6.92 Å². The highest BCUT2D eigenvalue weighted by atomic mass is 35.5. The van der Waals surface area contributed by atoms with Crippen molar-refractivity contribution in [3.05, 3.63) is 23.2 Å². The first-order chi connectivity index (χ1) is 8.08. The Morgan fingerprint density at radius 2 is 2.24 bits per heavy atom. The second kappa shape index (κ2) is 6.35. The molecule has 1 unspecified atom stereocenters. The van der Waals surface area contributed by atoms with Gasteiger partial charge in [0.2, 0.25) is 0 Å². The van der Waals surface area contributed by atoms with Gasteiger partial charge >= 0.3 is 5.97 Å². The highest BCUT2D eigenvalue weighted by Gasteiger charge is 2.13. The van der Waals surface area contributed by atoms with Crippen molar-refractivity contribution in [3.63, 3.8) is 0 Å². The summed E-state index contributed by atoms with van der Waals surface area (Å²) in [6.45, 7) is 4.17. The van der Waals surface area contributed by atoms with Crippen molar-refractivity contribution < 1.29 is 14.3 Å². The number of ether oxygens (including phenoxy) is 2. The summed E-state index contributed by atoms with van der Waals surface area (Å²) in [4.78, 5) is 11.2. The number of esters is 1. The maximum Gasteiger partial charge on any atom is 0.327 e. The Morgan fingerprint density at radius 3 is 2.76 bits per heavy atom. The van der Waals surface area contributed by atoms with Crippen LogP contribution in [-0.4, -0.2) is 25.7 Å². The SMILES string of the molecule is CCOc1ccc(NC(C)C(=O)OC)cc1Cl. The van der Waals surface area contributed by atoms with Crippen molar-refractivity contribution in [1.82, 2.24) is 0 Å². The third-order valence-electron chi connectivity index (χ3n) is 2.17. The molecule has 1 rings (SSSR count). The van der Waals surface area contributed by atoms with Gasteiger partial charge in [-0.1, -0.05) is 11.6 Å². The molecule has 0 heterocycles. The first-order valence-electron chi connectivity index (χ1n) is 5.35. The van der Waals surface area contributed by atoms with Crippen LogP contribution in [0.2, 0.25) is 5.02 Å². The summed E-state index contributed by atoms with van der Waals surface area (Å²) >= 11 is 6.02. The van der Waals surface area contributed by atoms with E-state index >= 15 is 0 Å². The quantitative estimate of drug-likeness (QED) is 0.824. The zero-order valence-electron chi connectivity index (χ0n) is 10.1. The molecule has 1 N–H and O–H groups in total. The molecule has 0 aliphatic rings.